The molecule has 6 heteroatoms. The predicted molar refractivity (Wildman–Crippen MR) is 104 cm³/mol. The summed E-state index contributed by atoms with van der Waals surface area (Å²) in [7, 11) is 0. The number of likely N-dealkylation sites (tertiary alicyclic amines) is 1. The van der Waals surface area contributed by atoms with Gasteiger partial charge in [0.15, 0.2) is 0 Å². The van der Waals surface area contributed by atoms with Gasteiger partial charge in [-0.15, -0.1) is 12.4 Å². The number of rotatable bonds is 5. The molecule has 1 heterocycles. The van der Waals surface area contributed by atoms with Crippen molar-refractivity contribution < 1.29 is 4.79 Å². The van der Waals surface area contributed by atoms with Gasteiger partial charge in [-0.2, -0.15) is 0 Å². The second-order valence-corrected chi connectivity index (χ2v) is 6.71. The molecule has 134 valence electrons. The summed E-state index contributed by atoms with van der Waals surface area (Å²) in [4.78, 5) is 14.3. The largest absolute Gasteiger partial charge is 0.351 e. The van der Waals surface area contributed by atoms with Crippen molar-refractivity contribution >= 4 is 29.9 Å². The van der Waals surface area contributed by atoms with Crippen LogP contribution in [0.5, 0.6) is 0 Å². The first-order chi connectivity index (χ1) is 11.6. The van der Waals surface area contributed by atoms with E-state index in [2.05, 4.69) is 22.3 Å². The molecule has 25 heavy (non-hydrogen) atoms. The lowest BCUT2D eigenvalue weighted by Gasteiger charge is -2.16. The second kappa shape index (κ2) is 9.20. The van der Waals surface area contributed by atoms with E-state index in [1.807, 2.05) is 42.5 Å². The van der Waals surface area contributed by atoms with Crippen molar-refractivity contribution in [2.45, 2.75) is 18.5 Å². The van der Waals surface area contributed by atoms with Crippen LogP contribution in [0, 0.1) is 0 Å². The maximum absolute atomic E-state index is 12.2. The quantitative estimate of drug-likeness (QED) is 0.839. The number of carbonyl (C=O) groups is 1. The number of carbonyl (C=O) groups excluding carboxylic acids is 1. The van der Waals surface area contributed by atoms with Gasteiger partial charge in [0.2, 0.25) is 5.91 Å². The Hall–Kier alpha value is -1.59. The minimum Gasteiger partial charge on any atom is -0.351 e. The molecule has 3 N–H and O–H groups in total. The third kappa shape index (κ3) is 5.44. The minimum atomic E-state index is 0. The molecule has 1 amide bonds. The Labute approximate surface area is 159 Å². The molecule has 0 saturated carbocycles. The topological polar surface area (TPSA) is 58.4 Å². The lowest BCUT2D eigenvalue weighted by Crippen LogP contribution is -2.37. The van der Waals surface area contributed by atoms with Crippen LogP contribution in [0.3, 0.4) is 0 Å². The fourth-order valence-electron chi connectivity index (χ4n) is 3.16. The van der Waals surface area contributed by atoms with Gasteiger partial charge < -0.3 is 11.1 Å². The molecule has 2 aromatic rings. The van der Waals surface area contributed by atoms with Crippen molar-refractivity contribution in [3.8, 4) is 0 Å². The van der Waals surface area contributed by atoms with Gasteiger partial charge in [-0.05, 0) is 23.3 Å². The molecule has 2 aromatic carbocycles. The molecule has 1 fully saturated rings. The number of halogens is 2. The summed E-state index contributed by atoms with van der Waals surface area (Å²) in [5.74, 6) is 0.307. The Morgan fingerprint density at radius 1 is 1.12 bits per heavy atom. The third-order valence-electron chi connectivity index (χ3n) is 4.44. The van der Waals surface area contributed by atoms with Crippen LogP contribution < -0.4 is 11.1 Å². The number of amides is 1. The fraction of sp³-hybridized carbons (Fsp3) is 0.316. The molecule has 1 aliphatic rings. The van der Waals surface area contributed by atoms with Gasteiger partial charge in [0.25, 0.3) is 0 Å². The standard InChI is InChI=1S/C19H22ClN3O.ClH/c20-16-8-6-14(7-9-16)10-22-19(24)13-23-11-17(18(21)12-23)15-4-2-1-3-5-15;/h1-9,17-18H,10-13,21H2,(H,22,24);1H/t17-,18+;/m0./s1. The lowest BCUT2D eigenvalue weighted by molar-refractivity contribution is -0.122. The van der Waals surface area contributed by atoms with E-state index in [1.54, 1.807) is 0 Å². The third-order valence-corrected chi connectivity index (χ3v) is 4.69. The first kappa shape index (κ1) is 19.7. The molecule has 4 nitrogen and oxygen atoms in total. The zero-order valence-electron chi connectivity index (χ0n) is 13.9. The molecule has 0 aliphatic carbocycles. The van der Waals surface area contributed by atoms with Crippen molar-refractivity contribution in [3.63, 3.8) is 0 Å². The zero-order chi connectivity index (χ0) is 16.9. The van der Waals surface area contributed by atoms with Crippen LogP contribution in [0.2, 0.25) is 5.02 Å². The highest BCUT2D eigenvalue weighted by Crippen LogP contribution is 2.25. The van der Waals surface area contributed by atoms with Crippen molar-refractivity contribution in [2.24, 2.45) is 5.73 Å². The van der Waals surface area contributed by atoms with Crippen molar-refractivity contribution in [1.29, 1.82) is 0 Å². The van der Waals surface area contributed by atoms with Crippen LogP contribution >= 0.6 is 24.0 Å². The minimum absolute atomic E-state index is 0. The summed E-state index contributed by atoms with van der Waals surface area (Å²) >= 11 is 5.86. The summed E-state index contributed by atoms with van der Waals surface area (Å²) in [6, 6.07) is 17.8. The van der Waals surface area contributed by atoms with Gasteiger partial charge in [0.05, 0.1) is 6.54 Å². The molecule has 0 bridgehead atoms. The molecule has 0 unspecified atom stereocenters. The highest BCUT2D eigenvalue weighted by molar-refractivity contribution is 6.30. The van der Waals surface area contributed by atoms with Crippen molar-refractivity contribution in [2.75, 3.05) is 19.6 Å². The highest BCUT2D eigenvalue weighted by Gasteiger charge is 2.31. The number of nitrogens with one attached hydrogen (secondary N) is 1. The van der Waals surface area contributed by atoms with Gasteiger partial charge in [-0.1, -0.05) is 54.1 Å². The summed E-state index contributed by atoms with van der Waals surface area (Å²) < 4.78 is 0. The molecule has 0 radical (unpaired) electrons. The number of nitrogens with zero attached hydrogens (tertiary/aromatic N) is 1. The van der Waals surface area contributed by atoms with Gasteiger partial charge in [-0.3, -0.25) is 9.69 Å². The van der Waals surface area contributed by atoms with E-state index in [-0.39, 0.29) is 30.3 Å². The summed E-state index contributed by atoms with van der Waals surface area (Å²) in [5.41, 5.74) is 8.55. The van der Waals surface area contributed by atoms with Crippen LogP contribution in [-0.2, 0) is 11.3 Å². The van der Waals surface area contributed by atoms with Crippen molar-refractivity contribution in [3.05, 3.63) is 70.7 Å². The molecule has 3 rings (SSSR count). The van der Waals surface area contributed by atoms with E-state index >= 15 is 0 Å². The lowest BCUT2D eigenvalue weighted by atomic mass is 9.95. The van der Waals surface area contributed by atoms with E-state index in [0.717, 1.165) is 18.7 Å². The monoisotopic (exact) mass is 379 g/mol. The van der Waals surface area contributed by atoms with Crippen LogP contribution in [0.1, 0.15) is 17.0 Å². The Balaban J connectivity index is 0.00000225. The summed E-state index contributed by atoms with van der Waals surface area (Å²) in [6.45, 7) is 2.45. The van der Waals surface area contributed by atoms with Gasteiger partial charge in [0.1, 0.15) is 0 Å². The molecule has 0 spiro atoms. The van der Waals surface area contributed by atoms with E-state index in [1.165, 1.54) is 5.56 Å². The number of hydrogen-bond acceptors (Lipinski definition) is 3. The highest BCUT2D eigenvalue weighted by atomic mass is 35.5. The first-order valence-electron chi connectivity index (χ1n) is 8.16. The van der Waals surface area contributed by atoms with E-state index in [9.17, 15) is 4.79 Å². The molecular weight excluding hydrogens is 357 g/mol. The molecule has 0 aromatic heterocycles. The van der Waals surface area contributed by atoms with E-state index in [0.29, 0.717) is 18.1 Å². The average Bonchev–Trinajstić information content (AvgIpc) is 2.95. The second-order valence-electron chi connectivity index (χ2n) is 6.28. The van der Waals surface area contributed by atoms with Gasteiger partial charge in [0, 0.05) is 36.6 Å². The molecule has 2 atom stereocenters. The van der Waals surface area contributed by atoms with Gasteiger partial charge in [-0.25, -0.2) is 0 Å². The van der Waals surface area contributed by atoms with E-state index < -0.39 is 0 Å². The Morgan fingerprint density at radius 2 is 1.80 bits per heavy atom. The van der Waals surface area contributed by atoms with Crippen LogP contribution in [0.25, 0.3) is 0 Å². The van der Waals surface area contributed by atoms with E-state index in [4.69, 9.17) is 17.3 Å². The SMILES string of the molecule is Cl.N[C@@H]1CN(CC(=O)NCc2ccc(Cl)cc2)C[C@H]1c1ccccc1. The number of hydrogen-bond donors (Lipinski definition) is 2. The fourth-order valence-corrected chi connectivity index (χ4v) is 3.28. The van der Waals surface area contributed by atoms with Crippen molar-refractivity contribution in [1.82, 2.24) is 10.2 Å². The van der Waals surface area contributed by atoms with Crippen LogP contribution in [0.4, 0.5) is 0 Å². The smallest absolute Gasteiger partial charge is 0.234 e. The number of benzene rings is 2. The first-order valence-corrected chi connectivity index (χ1v) is 8.53. The Kier molecular flexibility index (Phi) is 7.26. The molecule has 1 aliphatic heterocycles. The summed E-state index contributed by atoms with van der Waals surface area (Å²) in [6.07, 6.45) is 0. The normalized spacial score (nSPS) is 20.1. The van der Waals surface area contributed by atoms with Crippen LogP contribution in [-0.4, -0.2) is 36.5 Å². The predicted octanol–water partition coefficient (Wildman–Crippen LogP) is 2.80. The average molecular weight is 380 g/mol. The Morgan fingerprint density at radius 3 is 2.48 bits per heavy atom. The molecular formula is C19H23Cl2N3O. The van der Waals surface area contributed by atoms with Gasteiger partial charge >= 0.3 is 0 Å². The van der Waals surface area contributed by atoms with Crippen LogP contribution in [0.15, 0.2) is 54.6 Å². The Bertz CT molecular complexity index is 679. The summed E-state index contributed by atoms with van der Waals surface area (Å²) in [5, 5.41) is 3.65. The zero-order valence-corrected chi connectivity index (χ0v) is 15.5. The number of nitrogens with two attached hydrogens (primary N) is 1. The maximum atomic E-state index is 12.2. The molecule has 1 saturated heterocycles. The maximum Gasteiger partial charge on any atom is 0.234 e.